The Balaban J connectivity index is 1.75. The Morgan fingerprint density at radius 2 is 1.61 bits per heavy atom. The molecule has 1 aliphatic rings. The van der Waals surface area contributed by atoms with Crippen LogP contribution in [0.15, 0.2) is 80.1 Å². The fourth-order valence-corrected chi connectivity index (χ4v) is 4.97. The van der Waals surface area contributed by atoms with E-state index in [1.54, 1.807) is 43.3 Å². The Morgan fingerprint density at radius 3 is 2.28 bits per heavy atom. The van der Waals surface area contributed by atoms with Gasteiger partial charge in [-0.15, -0.1) is 0 Å². The number of hydrogen-bond acceptors (Lipinski definition) is 6. The molecule has 1 fully saturated rings. The minimum atomic E-state index is -4.20. The van der Waals surface area contributed by atoms with E-state index in [2.05, 4.69) is 37.2 Å². The van der Waals surface area contributed by atoms with Crippen molar-refractivity contribution in [2.75, 3.05) is 4.90 Å². The molecule has 184 valence electrons. The summed E-state index contributed by atoms with van der Waals surface area (Å²) < 4.78 is 32.4. The molecule has 11 heteroatoms. The minimum Gasteiger partial charge on any atom is -0.378 e. The zero-order chi connectivity index (χ0) is 26.2. The maximum Gasteiger partial charge on any atom is 0.339 e. The van der Waals surface area contributed by atoms with Crippen molar-refractivity contribution in [1.29, 1.82) is 0 Å². The van der Waals surface area contributed by atoms with Gasteiger partial charge in [-0.3, -0.25) is 14.9 Å². The van der Waals surface area contributed by atoms with Crippen LogP contribution in [0.3, 0.4) is 0 Å². The van der Waals surface area contributed by atoms with Gasteiger partial charge >= 0.3 is 16.1 Å². The molecule has 1 aliphatic heterocycles. The van der Waals surface area contributed by atoms with Gasteiger partial charge in [0.2, 0.25) is 0 Å². The number of carbonyl (C=O) groups excluding carboxylic acids is 3. The van der Waals surface area contributed by atoms with Crippen molar-refractivity contribution in [2.45, 2.75) is 18.7 Å². The summed E-state index contributed by atoms with van der Waals surface area (Å²) in [5, 5.41) is 2.15. The standard InChI is InChI=1S/C25H18Br2N2O6S/c1-14-3-7-19(8-4-14)36(33,34)35-22-10-5-17(26)12-16(22)13-20-23(30)28-25(32)29(24(20)31)18-6-9-21(27)15(2)11-18/h3-13H,1-2H3,(H,28,30,32)/b20-13-. The van der Waals surface area contributed by atoms with Crippen LogP contribution in [0.4, 0.5) is 10.5 Å². The maximum absolute atomic E-state index is 13.3. The van der Waals surface area contributed by atoms with Crippen LogP contribution < -0.4 is 14.4 Å². The number of anilines is 1. The number of aryl methyl sites for hydroxylation is 2. The molecule has 4 rings (SSSR count). The summed E-state index contributed by atoms with van der Waals surface area (Å²) in [5.74, 6) is -1.88. The summed E-state index contributed by atoms with van der Waals surface area (Å²) in [6.07, 6.45) is 1.19. The maximum atomic E-state index is 13.3. The summed E-state index contributed by atoms with van der Waals surface area (Å²) in [7, 11) is -4.20. The Morgan fingerprint density at radius 1 is 0.917 bits per heavy atom. The lowest BCUT2D eigenvalue weighted by atomic mass is 10.1. The Kier molecular flexibility index (Phi) is 7.17. The molecule has 1 N–H and O–H groups in total. The van der Waals surface area contributed by atoms with Gasteiger partial charge in [0.05, 0.1) is 5.69 Å². The third-order valence-corrected chi connectivity index (χ3v) is 7.91. The SMILES string of the molecule is Cc1ccc(S(=O)(=O)Oc2ccc(Br)cc2/C=C2/C(=O)NC(=O)N(c3ccc(Br)c(C)c3)C2=O)cc1. The summed E-state index contributed by atoms with van der Waals surface area (Å²) >= 11 is 6.68. The quantitative estimate of drug-likeness (QED) is 0.233. The van der Waals surface area contributed by atoms with E-state index < -0.39 is 28.0 Å². The lowest BCUT2D eigenvalue weighted by Crippen LogP contribution is -2.54. The number of urea groups is 1. The van der Waals surface area contributed by atoms with Crippen molar-refractivity contribution in [3.63, 3.8) is 0 Å². The number of carbonyl (C=O) groups is 3. The predicted octanol–water partition coefficient (Wildman–Crippen LogP) is 5.26. The van der Waals surface area contributed by atoms with Gasteiger partial charge in [0.15, 0.2) is 0 Å². The molecule has 8 nitrogen and oxygen atoms in total. The van der Waals surface area contributed by atoms with Crippen molar-refractivity contribution >= 4 is 71.6 Å². The van der Waals surface area contributed by atoms with Crippen molar-refractivity contribution in [3.05, 3.63) is 91.9 Å². The monoisotopic (exact) mass is 632 g/mol. The number of nitrogens with one attached hydrogen (secondary N) is 1. The highest BCUT2D eigenvalue weighted by Crippen LogP contribution is 2.31. The van der Waals surface area contributed by atoms with Gasteiger partial charge in [0.25, 0.3) is 11.8 Å². The van der Waals surface area contributed by atoms with Crippen LogP contribution in [0.25, 0.3) is 6.08 Å². The molecular formula is C25H18Br2N2O6S. The number of imide groups is 2. The molecule has 0 aromatic heterocycles. The average molecular weight is 634 g/mol. The van der Waals surface area contributed by atoms with Crippen LogP contribution in [0.5, 0.6) is 5.75 Å². The molecule has 3 aromatic rings. The van der Waals surface area contributed by atoms with Gasteiger partial charge in [-0.2, -0.15) is 8.42 Å². The number of amides is 4. The summed E-state index contributed by atoms with van der Waals surface area (Å²) in [6, 6.07) is 14.5. The van der Waals surface area contributed by atoms with Gasteiger partial charge in [-0.05, 0) is 74.0 Å². The molecule has 0 spiro atoms. The lowest BCUT2D eigenvalue weighted by Gasteiger charge is -2.26. The van der Waals surface area contributed by atoms with Gasteiger partial charge in [-0.1, -0.05) is 49.6 Å². The first-order valence-electron chi connectivity index (χ1n) is 10.4. The number of benzene rings is 3. The second kappa shape index (κ2) is 10.00. The highest BCUT2D eigenvalue weighted by atomic mass is 79.9. The third kappa shape index (κ3) is 5.28. The van der Waals surface area contributed by atoms with Crippen LogP contribution >= 0.6 is 31.9 Å². The van der Waals surface area contributed by atoms with Crippen molar-refractivity contribution < 1.29 is 27.0 Å². The molecule has 4 amide bonds. The van der Waals surface area contributed by atoms with E-state index in [4.69, 9.17) is 4.18 Å². The van der Waals surface area contributed by atoms with Gasteiger partial charge in [0, 0.05) is 14.5 Å². The molecule has 0 radical (unpaired) electrons. The second-order valence-electron chi connectivity index (χ2n) is 7.92. The fourth-order valence-electron chi connectivity index (χ4n) is 3.39. The molecule has 0 aliphatic carbocycles. The third-order valence-electron chi connectivity index (χ3n) is 5.28. The molecule has 36 heavy (non-hydrogen) atoms. The Hall–Kier alpha value is -3.28. The molecular weight excluding hydrogens is 616 g/mol. The zero-order valence-electron chi connectivity index (χ0n) is 18.9. The number of rotatable bonds is 5. The normalized spacial score (nSPS) is 15.3. The van der Waals surface area contributed by atoms with E-state index in [-0.39, 0.29) is 27.5 Å². The van der Waals surface area contributed by atoms with Crippen LogP contribution in [0.2, 0.25) is 0 Å². The van der Waals surface area contributed by atoms with E-state index in [0.29, 0.717) is 4.47 Å². The van der Waals surface area contributed by atoms with Crippen molar-refractivity contribution in [3.8, 4) is 5.75 Å². The van der Waals surface area contributed by atoms with E-state index in [9.17, 15) is 22.8 Å². The van der Waals surface area contributed by atoms with Crippen LogP contribution in [0.1, 0.15) is 16.7 Å². The minimum absolute atomic E-state index is 0.0523. The molecule has 0 atom stereocenters. The van der Waals surface area contributed by atoms with E-state index in [1.165, 1.54) is 30.3 Å². The summed E-state index contributed by atoms with van der Waals surface area (Å²) in [4.78, 5) is 39.2. The fraction of sp³-hybridized carbons (Fsp3) is 0.0800. The van der Waals surface area contributed by atoms with E-state index >= 15 is 0 Å². The predicted molar refractivity (Wildman–Crippen MR) is 141 cm³/mol. The Bertz CT molecular complexity index is 1550. The second-order valence-corrected chi connectivity index (χ2v) is 11.2. The average Bonchev–Trinajstić information content (AvgIpc) is 2.80. The highest BCUT2D eigenvalue weighted by Gasteiger charge is 2.37. The van der Waals surface area contributed by atoms with Crippen LogP contribution in [0, 0.1) is 13.8 Å². The Labute approximate surface area is 224 Å². The largest absolute Gasteiger partial charge is 0.378 e. The topological polar surface area (TPSA) is 110 Å². The highest BCUT2D eigenvalue weighted by molar-refractivity contribution is 9.10. The number of hydrogen-bond donors (Lipinski definition) is 1. The molecule has 0 bridgehead atoms. The smallest absolute Gasteiger partial charge is 0.339 e. The molecule has 1 heterocycles. The molecule has 0 saturated carbocycles. The summed E-state index contributed by atoms with van der Waals surface area (Å²) in [6.45, 7) is 3.62. The van der Waals surface area contributed by atoms with E-state index in [1.807, 2.05) is 6.92 Å². The van der Waals surface area contributed by atoms with Gasteiger partial charge < -0.3 is 4.18 Å². The molecule has 1 saturated heterocycles. The number of barbiturate groups is 1. The molecule has 3 aromatic carbocycles. The van der Waals surface area contributed by atoms with Crippen molar-refractivity contribution in [1.82, 2.24) is 5.32 Å². The van der Waals surface area contributed by atoms with Crippen LogP contribution in [-0.4, -0.2) is 26.3 Å². The summed E-state index contributed by atoms with van der Waals surface area (Å²) in [5.41, 5.74) is 1.69. The van der Waals surface area contributed by atoms with Crippen molar-refractivity contribution in [2.24, 2.45) is 0 Å². The first kappa shape index (κ1) is 25.8. The first-order chi connectivity index (χ1) is 17.0. The zero-order valence-corrected chi connectivity index (χ0v) is 22.9. The number of halogens is 2. The first-order valence-corrected chi connectivity index (χ1v) is 13.4. The van der Waals surface area contributed by atoms with Crippen LogP contribution in [-0.2, 0) is 19.7 Å². The van der Waals surface area contributed by atoms with Gasteiger partial charge in [0.1, 0.15) is 16.2 Å². The lowest BCUT2D eigenvalue weighted by molar-refractivity contribution is -0.122. The molecule has 0 unspecified atom stereocenters. The van der Waals surface area contributed by atoms with E-state index in [0.717, 1.165) is 20.5 Å². The van der Waals surface area contributed by atoms with Gasteiger partial charge in [-0.25, -0.2) is 9.69 Å². The number of nitrogens with zero attached hydrogens (tertiary/aromatic N) is 1.